The van der Waals surface area contributed by atoms with E-state index in [2.05, 4.69) is 4.90 Å². The van der Waals surface area contributed by atoms with E-state index >= 15 is 0 Å². The summed E-state index contributed by atoms with van der Waals surface area (Å²) in [6.45, 7) is 1.58. The van der Waals surface area contributed by atoms with Gasteiger partial charge in [-0.25, -0.2) is 0 Å². The van der Waals surface area contributed by atoms with Crippen LogP contribution in [0, 0.1) is 0 Å². The summed E-state index contributed by atoms with van der Waals surface area (Å²) in [5, 5.41) is 0.728. The van der Waals surface area contributed by atoms with Crippen LogP contribution in [0.4, 0.5) is 5.69 Å². The SMILES string of the molecule is O=S1CCN(c2c(Cl)cccc2CCl)CC1. The Morgan fingerprint density at radius 2 is 2.00 bits per heavy atom. The highest BCUT2D eigenvalue weighted by molar-refractivity contribution is 7.85. The molecule has 2 rings (SSSR count). The fourth-order valence-corrected chi connectivity index (χ4v) is 3.46. The molecule has 0 aromatic heterocycles. The van der Waals surface area contributed by atoms with Gasteiger partial charge in [0.25, 0.3) is 0 Å². The van der Waals surface area contributed by atoms with Crippen LogP contribution in [0.5, 0.6) is 0 Å². The first-order chi connectivity index (χ1) is 7.72. The van der Waals surface area contributed by atoms with E-state index in [1.54, 1.807) is 0 Å². The molecule has 2 nitrogen and oxygen atoms in total. The normalized spacial score (nSPS) is 17.8. The van der Waals surface area contributed by atoms with E-state index in [4.69, 9.17) is 23.2 Å². The van der Waals surface area contributed by atoms with E-state index < -0.39 is 10.8 Å². The van der Waals surface area contributed by atoms with Gasteiger partial charge in [-0.1, -0.05) is 23.7 Å². The van der Waals surface area contributed by atoms with Crippen LogP contribution in [0.25, 0.3) is 0 Å². The number of hydrogen-bond donors (Lipinski definition) is 0. The Labute approximate surface area is 108 Å². The van der Waals surface area contributed by atoms with E-state index in [0.29, 0.717) is 17.4 Å². The number of nitrogens with zero attached hydrogens (tertiary/aromatic N) is 1. The first-order valence-corrected chi connectivity index (χ1v) is 7.55. The molecule has 0 radical (unpaired) electrons. The van der Waals surface area contributed by atoms with Crippen LogP contribution in [0.1, 0.15) is 5.56 Å². The van der Waals surface area contributed by atoms with Crippen LogP contribution in [0.3, 0.4) is 0 Å². The Morgan fingerprint density at radius 3 is 2.62 bits per heavy atom. The lowest BCUT2D eigenvalue weighted by molar-refractivity contribution is 0.673. The van der Waals surface area contributed by atoms with Gasteiger partial charge < -0.3 is 4.90 Å². The van der Waals surface area contributed by atoms with Crippen LogP contribution >= 0.6 is 23.2 Å². The molecule has 16 heavy (non-hydrogen) atoms. The fourth-order valence-electron chi connectivity index (χ4n) is 1.88. The highest BCUT2D eigenvalue weighted by Crippen LogP contribution is 2.31. The molecule has 1 aromatic carbocycles. The van der Waals surface area contributed by atoms with Crippen molar-refractivity contribution < 1.29 is 4.21 Å². The lowest BCUT2D eigenvalue weighted by Gasteiger charge is -2.30. The largest absolute Gasteiger partial charge is 0.368 e. The zero-order valence-electron chi connectivity index (χ0n) is 8.79. The minimum absolute atomic E-state index is 0.454. The molecule has 0 atom stereocenters. The Bertz CT molecular complexity index is 401. The summed E-state index contributed by atoms with van der Waals surface area (Å²) in [6.07, 6.45) is 0. The van der Waals surface area contributed by atoms with Crippen molar-refractivity contribution in [2.24, 2.45) is 0 Å². The second-order valence-corrected chi connectivity index (χ2v) is 6.09. The summed E-state index contributed by atoms with van der Waals surface area (Å²) < 4.78 is 11.3. The van der Waals surface area contributed by atoms with Crippen molar-refractivity contribution in [3.05, 3.63) is 28.8 Å². The topological polar surface area (TPSA) is 20.3 Å². The van der Waals surface area contributed by atoms with E-state index in [0.717, 1.165) is 29.4 Å². The van der Waals surface area contributed by atoms with Crippen molar-refractivity contribution in [3.8, 4) is 0 Å². The molecule has 88 valence electrons. The van der Waals surface area contributed by atoms with Crippen LogP contribution in [-0.2, 0) is 16.7 Å². The van der Waals surface area contributed by atoms with Crippen LogP contribution in [-0.4, -0.2) is 28.8 Å². The number of benzene rings is 1. The summed E-state index contributed by atoms with van der Waals surface area (Å²) in [7, 11) is -0.668. The summed E-state index contributed by atoms with van der Waals surface area (Å²) in [5.74, 6) is 1.88. The standard InChI is InChI=1S/C11H13Cl2NOS/c12-8-9-2-1-3-10(13)11(9)14-4-6-16(15)7-5-14/h1-3H,4-8H2. The Kier molecular flexibility index (Phi) is 4.11. The minimum atomic E-state index is -0.668. The van der Waals surface area contributed by atoms with Gasteiger partial charge in [-0.3, -0.25) is 4.21 Å². The van der Waals surface area contributed by atoms with Gasteiger partial charge >= 0.3 is 0 Å². The molecule has 1 aromatic rings. The number of hydrogen-bond acceptors (Lipinski definition) is 2. The van der Waals surface area contributed by atoms with E-state index in [1.165, 1.54) is 0 Å². The number of para-hydroxylation sites is 1. The number of rotatable bonds is 2. The molecule has 1 aliphatic rings. The minimum Gasteiger partial charge on any atom is -0.368 e. The van der Waals surface area contributed by atoms with Crippen molar-refractivity contribution in [2.75, 3.05) is 29.5 Å². The summed E-state index contributed by atoms with van der Waals surface area (Å²) in [5.41, 5.74) is 2.05. The molecule has 1 aliphatic heterocycles. The molecule has 0 aliphatic carbocycles. The van der Waals surface area contributed by atoms with Crippen LogP contribution in [0.15, 0.2) is 18.2 Å². The van der Waals surface area contributed by atoms with Crippen molar-refractivity contribution in [2.45, 2.75) is 5.88 Å². The molecular weight excluding hydrogens is 265 g/mol. The predicted molar refractivity (Wildman–Crippen MR) is 71.1 cm³/mol. The van der Waals surface area contributed by atoms with Crippen LogP contribution in [0.2, 0.25) is 5.02 Å². The van der Waals surface area contributed by atoms with E-state index in [1.807, 2.05) is 18.2 Å². The fraction of sp³-hybridized carbons (Fsp3) is 0.455. The smallest absolute Gasteiger partial charge is 0.0642 e. The number of halogens is 2. The lowest BCUT2D eigenvalue weighted by Crippen LogP contribution is -2.38. The maximum Gasteiger partial charge on any atom is 0.0642 e. The van der Waals surface area contributed by atoms with Gasteiger partial charge in [0.2, 0.25) is 0 Å². The van der Waals surface area contributed by atoms with Gasteiger partial charge in [-0.05, 0) is 11.6 Å². The van der Waals surface area contributed by atoms with Gasteiger partial charge in [0.05, 0.1) is 10.7 Å². The molecule has 5 heteroatoms. The molecular formula is C11H13Cl2NOS. The quantitative estimate of drug-likeness (QED) is 0.775. The average molecular weight is 278 g/mol. The maximum atomic E-state index is 11.3. The third-order valence-corrected chi connectivity index (χ3v) is 4.58. The number of anilines is 1. The average Bonchev–Trinajstić information content (AvgIpc) is 2.30. The van der Waals surface area contributed by atoms with Crippen molar-refractivity contribution in [3.63, 3.8) is 0 Å². The van der Waals surface area contributed by atoms with E-state index in [-0.39, 0.29) is 0 Å². The summed E-state index contributed by atoms with van der Waals surface area (Å²) >= 11 is 12.1. The molecule has 1 fully saturated rings. The molecule has 1 heterocycles. The molecule has 0 saturated carbocycles. The van der Waals surface area contributed by atoms with Gasteiger partial charge in [0.15, 0.2) is 0 Å². The summed E-state index contributed by atoms with van der Waals surface area (Å²) in [4.78, 5) is 2.18. The van der Waals surface area contributed by atoms with Gasteiger partial charge in [0, 0.05) is 41.3 Å². The molecule has 0 amide bonds. The maximum absolute atomic E-state index is 11.3. The summed E-state index contributed by atoms with van der Waals surface area (Å²) in [6, 6.07) is 5.77. The highest BCUT2D eigenvalue weighted by Gasteiger charge is 2.19. The highest BCUT2D eigenvalue weighted by atomic mass is 35.5. The second-order valence-electron chi connectivity index (χ2n) is 3.72. The third-order valence-electron chi connectivity index (χ3n) is 2.71. The van der Waals surface area contributed by atoms with Crippen molar-refractivity contribution in [1.29, 1.82) is 0 Å². The third kappa shape index (κ3) is 2.53. The monoisotopic (exact) mass is 277 g/mol. The Hall–Kier alpha value is -0.250. The molecule has 0 unspecified atom stereocenters. The van der Waals surface area contributed by atoms with Crippen LogP contribution < -0.4 is 4.90 Å². The first kappa shape index (κ1) is 12.2. The van der Waals surface area contributed by atoms with Gasteiger partial charge in [-0.15, -0.1) is 11.6 Å². The zero-order valence-corrected chi connectivity index (χ0v) is 11.1. The Morgan fingerprint density at radius 1 is 1.31 bits per heavy atom. The van der Waals surface area contributed by atoms with Crippen molar-refractivity contribution >= 4 is 39.7 Å². The second kappa shape index (κ2) is 5.39. The first-order valence-electron chi connectivity index (χ1n) is 5.15. The molecule has 0 N–H and O–H groups in total. The van der Waals surface area contributed by atoms with Crippen molar-refractivity contribution in [1.82, 2.24) is 0 Å². The van der Waals surface area contributed by atoms with Gasteiger partial charge in [0.1, 0.15) is 0 Å². The van der Waals surface area contributed by atoms with Gasteiger partial charge in [-0.2, -0.15) is 0 Å². The lowest BCUT2D eigenvalue weighted by atomic mass is 10.2. The molecule has 0 bridgehead atoms. The molecule has 0 spiro atoms. The predicted octanol–water partition coefficient (Wildman–Crippen LogP) is 2.65. The zero-order chi connectivity index (χ0) is 11.5. The Balaban J connectivity index is 2.28. The number of alkyl halides is 1. The van der Waals surface area contributed by atoms with E-state index in [9.17, 15) is 4.21 Å². The molecule has 1 saturated heterocycles.